The fourth-order valence-corrected chi connectivity index (χ4v) is 5.06. The third kappa shape index (κ3) is 3.28. The summed E-state index contributed by atoms with van der Waals surface area (Å²) < 4.78 is 28.5. The minimum atomic E-state index is -3.99. The van der Waals surface area contributed by atoms with Gasteiger partial charge < -0.3 is 5.73 Å². The van der Waals surface area contributed by atoms with E-state index in [1.165, 1.54) is 17.0 Å². The van der Waals surface area contributed by atoms with E-state index in [0.717, 1.165) is 5.56 Å². The number of rotatable bonds is 4. The number of aryl methyl sites for hydroxylation is 1. The van der Waals surface area contributed by atoms with Gasteiger partial charge in [-0.2, -0.15) is 9.78 Å². The zero-order chi connectivity index (χ0) is 22.3. The first kappa shape index (κ1) is 19.8. The van der Waals surface area contributed by atoms with E-state index in [2.05, 4.69) is 20.1 Å². The molecule has 2 N–H and O–H groups in total. The van der Waals surface area contributed by atoms with E-state index in [-0.39, 0.29) is 26.8 Å². The smallest absolute Gasteiger partial charge is 0.212 e. The number of nitrogen functional groups attached to an aromatic ring is 1. The van der Waals surface area contributed by atoms with Crippen molar-refractivity contribution in [2.24, 2.45) is 5.10 Å². The van der Waals surface area contributed by atoms with Crippen LogP contribution in [0.25, 0.3) is 22.2 Å². The van der Waals surface area contributed by atoms with Crippen molar-refractivity contribution in [1.29, 1.82) is 0 Å². The van der Waals surface area contributed by atoms with Gasteiger partial charge in [0.25, 0.3) is 0 Å². The average molecular weight is 443 g/mol. The zero-order valence-electron chi connectivity index (χ0n) is 17.0. The number of nitrogens with zero attached hydrogens (tertiary/aromatic N) is 5. The van der Waals surface area contributed by atoms with Gasteiger partial charge in [-0.1, -0.05) is 30.3 Å². The van der Waals surface area contributed by atoms with Crippen LogP contribution in [0.1, 0.15) is 11.3 Å². The summed E-state index contributed by atoms with van der Waals surface area (Å²) in [4.78, 5) is 13.4. The number of fused-ring (bicyclic) bond motifs is 2. The summed E-state index contributed by atoms with van der Waals surface area (Å²) in [6.45, 7) is 1.83. The number of pyridine rings is 1. The van der Waals surface area contributed by atoms with Crippen molar-refractivity contribution in [2.75, 3.05) is 5.73 Å². The summed E-state index contributed by atoms with van der Waals surface area (Å²) in [5.74, 6) is -0.0657. The molecule has 32 heavy (non-hydrogen) atoms. The van der Waals surface area contributed by atoms with Crippen LogP contribution in [0.15, 0.2) is 87.8 Å². The molecule has 0 spiro atoms. The van der Waals surface area contributed by atoms with Crippen LogP contribution < -0.4 is 5.73 Å². The molecule has 0 fully saturated rings. The van der Waals surface area contributed by atoms with Crippen molar-refractivity contribution in [3.8, 4) is 0 Å². The predicted molar refractivity (Wildman–Crippen MR) is 123 cm³/mol. The van der Waals surface area contributed by atoms with Gasteiger partial charge in [0.2, 0.25) is 9.84 Å². The Kier molecular flexibility index (Phi) is 4.67. The van der Waals surface area contributed by atoms with Gasteiger partial charge in [0.1, 0.15) is 16.2 Å². The molecule has 5 aromatic rings. The molecule has 0 saturated heterocycles. The molecule has 0 unspecified atom stereocenters. The van der Waals surface area contributed by atoms with Crippen LogP contribution in [-0.4, -0.2) is 34.3 Å². The molecule has 158 valence electrons. The third-order valence-electron chi connectivity index (χ3n) is 4.99. The quantitative estimate of drug-likeness (QED) is 0.425. The van der Waals surface area contributed by atoms with Crippen molar-refractivity contribution in [1.82, 2.24) is 19.6 Å². The Morgan fingerprint density at radius 1 is 0.969 bits per heavy atom. The minimum Gasteiger partial charge on any atom is -0.382 e. The molecule has 9 heteroatoms. The summed E-state index contributed by atoms with van der Waals surface area (Å²) in [5.41, 5.74) is 9.36. The van der Waals surface area contributed by atoms with Crippen molar-refractivity contribution in [2.45, 2.75) is 16.7 Å². The minimum absolute atomic E-state index is 0.0657. The highest BCUT2D eigenvalue weighted by atomic mass is 32.2. The van der Waals surface area contributed by atoms with Gasteiger partial charge >= 0.3 is 0 Å². The first-order valence-corrected chi connectivity index (χ1v) is 11.3. The molecule has 0 bridgehead atoms. The molecule has 0 atom stereocenters. The highest BCUT2D eigenvalue weighted by Crippen LogP contribution is 2.35. The molecule has 0 aliphatic heterocycles. The van der Waals surface area contributed by atoms with E-state index in [1.807, 2.05) is 31.2 Å². The van der Waals surface area contributed by atoms with Gasteiger partial charge in [-0.05, 0) is 48.9 Å². The number of aromatic nitrogens is 4. The maximum absolute atomic E-state index is 13.6. The van der Waals surface area contributed by atoms with Crippen LogP contribution in [0.4, 0.5) is 5.82 Å². The van der Waals surface area contributed by atoms with Crippen LogP contribution >= 0.6 is 0 Å². The van der Waals surface area contributed by atoms with E-state index in [4.69, 9.17) is 5.73 Å². The Morgan fingerprint density at radius 2 is 1.72 bits per heavy atom. The molecule has 5 rings (SSSR count). The lowest BCUT2D eigenvalue weighted by molar-refractivity contribution is 0.597. The fraction of sp³-hybridized carbons (Fsp3) is 0.0435. The number of benzene rings is 2. The second kappa shape index (κ2) is 7.54. The highest BCUT2D eigenvalue weighted by molar-refractivity contribution is 7.92. The van der Waals surface area contributed by atoms with Gasteiger partial charge in [0.15, 0.2) is 5.65 Å². The first-order chi connectivity index (χ1) is 15.4. The topological polar surface area (TPSA) is 116 Å². The van der Waals surface area contributed by atoms with Crippen LogP contribution in [0.3, 0.4) is 0 Å². The number of sulfone groups is 1. The lowest BCUT2D eigenvalue weighted by Crippen LogP contribution is -2.07. The van der Waals surface area contributed by atoms with Gasteiger partial charge in [0.05, 0.1) is 27.8 Å². The Hall–Kier alpha value is -4.11. The number of anilines is 1. The maximum atomic E-state index is 13.6. The molecule has 0 aliphatic rings. The fourth-order valence-electron chi connectivity index (χ4n) is 3.47. The Morgan fingerprint density at radius 3 is 2.44 bits per heavy atom. The Bertz CT molecular complexity index is 1610. The molecule has 2 aromatic carbocycles. The summed E-state index contributed by atoms with van der Waals surface area (Å²) >= 11 is 0. The molecular formula is C23H18N6O2S. The third-order valence-corrected chi connectivity index (χ3v) is 6.80. The second-order valence-corrected chi connectivity index (χ2v) is 9.12. The van der Waals surface area contributed by atoms with Crippen molar-refractivity contribution < 1.29 is 8.42 Å². The lowest BCUT2D eigenvalue weighted by atomic mass is 10.2. The Labute approximate surface area is 184 Å². The van der Waals surface area contributed by atoms with Gasteiger partial charge in [-0.3, -0.25) is 4.98 Å². The number of hydrogen-bond acceptors (Lipinski definition) is 7. The van der Waals surface area contributed by atoms with Gasteiger partial charge in [-0.25, -0.2) is 18.4 Å². The van der Waals surface area contributed by atoms with Crippen LogP contribution in [0.5, 0.6) is 0 Å². The van der Waals surface area contributed by atoms with Crippen LogP contribution in [0.2, 0.25) is 0 Å². The van der Waals surface area contributed by atoms with E-state index in [9.17, 15) is 8.42 Å². The monoisotopic (exact) mass is 442 g/mol. The normalized spacial score (nSPS) is 12.2. The van der Waals surface area contributed by atoms with Crippen molar-refractivity contribution in [3.63, 3.8) is 0 Å². The van der Waals surface area contributed by atoms with Crippen molar-refractivity contribution >= 4 is 44.1 Å². The first-order valence-electron chi connectivity index (χ1n) is 9.79. The number of hydrogen-bond donors (Lipinski definition) is 1. The number of para-hydroxylation sites is 2. The largest absolute Gasteiger partial charge is 0.382 e. The van der Waals surface area contributed by atoms with E-state index in [1.54, 1.807) is 42.6 Å². The van der Waals surface area contributed by atoms with E-state index >= 15 is 0 Å². The zero-order valence-corrected chi connectivity index (χ0v) is 17.9. The second-order valence-electron chi connectivity index (χ2n) is 7.23. The molecule has 0 aliphatic carbocycles. The maximum Gasteiger partial charge on any atom is 0.212 e. The summed E-state index contributed by atoms with van der Waals surface area (Å²) in [6.07, 6.45) is 3.13. The van der Waals surface area contributed by atoms with E-state index < -0.39 is 9.84 Å². The molecule has 3 heterocycles. The van der Waals surface area contributed by atoms with Crippen LogP contribution in [-0.2, 0) is 9.84 Å². The SMILES string of the molecule is Cc1cccc(S(=O)(=O)c2c(N)n(/N=C/c3ccccn3)c3nc4ccccc4nc23)c1. The standard InChI is InChI=1S/C23H18N6O2S/c1-15-7-6-9-17(13-15)32(30,31)21-20-23(28-19-11-3-2-10-18(19)27-20)29(22(21)24)26-14-16-8-4-5-12-25-16/h2-14H,24H2,1H3/b26-14+. The van der Waals surface area contributed by atoms with Gasteiger partial charge in [-0.15, -0.1) is 0 Å². The molecule has 3 aromatic heterocycles. The van der Waals surface area contributed by atoms with E-state index in [0.29, 0.717) is 16.7 Å². The lowest BCUT2D eigenvalue weighted by Gasteiger charge is -2.05. The summed E-state index contributed by atoms with van der Waals surface area (Å²) in [5, 5.41) is 4.39. The predicted octanol–water partition coefficient (Wildman–Crippen LogP) is 3.59. The summed E-state index contributed by atoms with van der Waals surface area (Å²) in [6, 6.07) is 19.3. The summed E-state index contributed by atoms with van der Waals surface area (Å²) in [7, 11) is -3.99. The highest BCUT2D eigenvalue weighted by Gasteiger charge is 2.30. The van der Waals surface area contributed by atoms with Gasteiger partial charge in [0, 0.05) is 6.20 Å². The Balaban J connectivity index is 1.82. The molecule has 0 amide bonds. The van der Waals surface area contributed by atoms with Crippen LogP contribution in [0, 0.1) is 6.92 Å². The molecule has 8 nitrogen and oxygen atoms in total. The molecule has 0 radical (unpaired) electrons. The van der Waals surface area contributed by atoms with Crippen molar-refractivity contribution in [3.05, 3.63) is 84.2 Å². The molecule has 0 saturated carbocycles. The number of nitrogens with two attached hydrogens (primary N) is 1. The average Bonchev–Trinajstić information content (AvgIpc) is 3.07. The molecular weight excluding hydrogens is 424 g/mol.